The topological polar surface area (TPSA) is 70.4 Å². The number of hydrogen-bond acceptors (Lipinski definition) is 5. The van der Waals surface area contributed by atoms with Crippen molar-refractivity contribution in [1.82, 2.24) is 4.98 Å². The van der Waals surface area contributed by atoms with E-state index in [2.05, 4.69) is 4.98 Å². The summed E-state index contributed by atoms with van der Waals surface area (Å²) in [5, 5.41) is 18.4. The number of rotatable bonds is 4. The summed E-state index contributed by atoms with van der Waals surface area (Å²) in [6, 6.07) is 7.71. The molecule has 0 saturated heterocycles. The van der Waals surface area contributed by atoms with E-state index in [4.69, 9.17) is 5.11 Å². The molecule has 0 bridgehead atoms. The zero-order valence-corrected chi connectivity index (χ0v) is 10.7. The molecule has 1 unspecified atom stereocenters. The average Bonchev–Trinajstić information content (AvgIpc) is 2.69. The molecular weight excluding hydrogens is 258 g/mol. The van der Waals surface area contributed by atoms with Crippen molar-refractivity contribution in [3.63, 3.8) is 0 Å². The Morgan fingerprint density at radius 2 is 2.24 bits per heavy atom. The smallest absolute Gasteiger partial charge is 0.336 e. The molecule has 2 N–H and O–H groups in total. The average molecular weight is 269 g/mol. The van der Waals surface area contributed by atoms with E-state index in [1.807, 2.05) is 24.3 Å². The van der Waals surface area contributed by atoms with Gasteiger partial charge in [0.15, 0.2) is 9.94 Å². The van der Waals surface area contributed by atoms with Crippen LogP contribution in [0.4, 0.5) is 0 Å². The number of fused-ring (bicyclic) bond motifs is 1. The molecule has 2 rings (SSSR count). The molecule has 4 nitrogen and oxygen atoms in total. The van der Waals surface area contributed by atoms with Crippen LogP contribution in [0.3, 0.4) is 0 Å². The van der Waals surface area contributed by atoms with Gasteiger partial charge in [0.05, 0.1) is 10.2 Å². The minimum absolute atomic E-state index is 0.0855. The van der Waals surface area contributed by atoms with Crippen LogP contribution in [-0.4, -0.2) is 32.5 Å². The van der Waals surface area contributed by atoms with Gasteiger partial charge in [-0.05, 0) is 19.1 Å². The van der Waals surface area contributed by atoms with Crippen molar-refractivity contribution in [2.24, 2.45) is 0 Å². The lowest BCUT2D eigenvalue weighted by Crippen LogP contribution is -2.37. The summed E-state index contributed by atoms with van der Waals surface area (Å²) in [5.41, 5.74) is -0.822. The van der Waals surface area contributed by atoms with Crippen molar-refractivity contribution in [1.29, 1.82) is 0 Å². The van der Waals surface area contributed by atoms with Crippen LogP contribution < -0.4 is 0 Å². The van der Waals surface area contributed by atoms with Gasteiger partial charge >= 0.3 is 5.97 Å². The molecule has 17 heavy (non-hydrogen) atoms. The number of carboxylic acids is 1. The number of aromatic nitrogens is 1. The fraction of sp³-hybridized carbons (Fsp3) is 0.273. The molecule has 0 aliphatic heterocycles. The summed E-state index contributed by atoms with van der Waals surface area (Å²) >= 11 is 2.76. The number of thioether (sulfide) groups is 1. The lowest BCUT2D eigenvalue weighted by atomic mass is 10.1. The standard InChI is InChI=1S/C11H11NO3S2/c1-11(15,9(13)14)6-16-10-12-7-4-2-3-5-8(7)17-10/h2-5,15H,6H2,1H3,(H,13,14). The number of nitrogens with zero attached hydrogens (tertiary/aromatic N) is 1. The van der Waals surface area contributed by atoms with E-state index < -0.39 is 11.6 Å². The lowest BCUT2D eigenvalue weighted by Gasteiger charge is -2.15. The SMILES string of the molecule is CC(O)(CSc1nc2ccccc2s1)C(=O)O. The van der Waals surface area contributed by atoms with Crippen LogP contribution in [0.2, 0.25) is 0 Å². The van der Waals surface area contributed by atoms with Crippen LogP contribution in [-0.2, 0) is 4.79 Å². The normalized spacial score (nSPS) is 14.7. The molecular formula is C11H11NO3S2. The number of carboxylic acid groups (broad SMARTS) is 1. The maximum atomic E-state index is 10.7. The predicted octanol–water partition coefficient (Wildman–Crippen LogP) is 2.22. The molecule has 6 heteroatoms. The second-order valence-corrected chi connectivity index (χ2v) is 6.07. The maximum absolute atomic E-state index is 10.7. The molecule has 1 atom stereocenters. The van der Waals surface area contributed by atoms with E-state index in [0.717, 1.165) is 14.6 Å². The molecule has 1 aromatic carbocycles. The zero-order valence-electron chi connectivity index (χ0n) is 9.08. The van der Waals surface area contributed by atoms with Crippen molar-refractivity contribution in [3.05, 3.63) is 24.3 Å². The summed E-state index contributed by atoms with van der Waals surface area (Å²) in [5.74, 6) is -1.13. The number of aliphatic hydroxyl groups is 1. The van der Waals surface area contributed by atoms with E-state index in [-0.39, 0.29) is 5.75 Å². The highest BCUT2D eigenvalue weighted by Gasteiger charge is 2.30. The van der Waals surface area contributed by atoms with Crippen LogP contribution >= 0.6 is 23.1 Å². The van der Waals surface area contributed by atoms with Crippen molar-refractivity contribution in [2.75, 3.05) is 5.75 Å². The lowest BCUT2D eigenvalue weighted by molar-refractivity contribution is -0.154. The van der Waals surface area contributed by atoms with Gasteiger partial charge in [0, 0.05) is 5.75 Å². The van der Waals surface area contributed by atoms with Crippen LogP contribution in [0, 0.1) is 0 Å². The number of hydrogen-bond donors (Lipinski definition) is 2. The molecule has 0 fully saturated rings. The molecule has 90 valence electrons. The Bertz CT molecular complexity index is 517. The van der Waals surface area contributed by atoms with Crippen LogP contribution in [0.25, 0.3) is 10.2 Å². The Morgan fingerprint density at radius 1 is 1.53 bits per heavy atom. The Labute approximate surface area is 106 Å². The second kappa shape index (κ2) is 4.64. The first kappa shape index (κ1) is 12.3. The molecule has 0 aliphatic rings. The summed E-state index contributed by atoms with van der Waals surface area (Å²) in [7, 11) is 0. The highest BCUT2D eigenvalue weighted by atomic mass is 32.2. The number of aliphatic carboxylic acids is 1. The fourth-order valence-electron chi connectivity index (χ4n) is 1.18. The first-order valence-electron chi connectivity index (χ1n) is 4.93. The Kier molecular flexibility index (Phi) is 3.37. The van der Waals surface area contributed by atoms with Gasteiger partial charge in [-0.25, -0.2) is 9.78 Å². The van der Waals surface area contributed by atoms with Gasteiger partial charge in [0.1, 0.15) is 0 Å². The van der Waals surface area contributed by atoms with E-state index >= 15 is 0 Å². The van der Waals surface area contributed by atoms with Gasteiger partial charge in [0.25, 0.3) is 0 Å². The number of carbonyl (C=O) groups is 1. The molecule has 0 radical (unpaired) electrons. The largest absolute Gasteiger partial charge is 0.479 e. The Balaban J connectivity index is 2.12. The van der Waals surface area contributed by atoms with Gasteiger partial charge in [-0.3, -0.25) is 0 Å². The number of thiazole rings is 1. The molecule has 0 spiro atoms. The minimum Gasteiger partial charge on any atom is -0.479 e. The molecule has 1 heterocycles. The minimum atomic E-state index is -1.72. The Morgan fingerprint density at radius 3 is 2.88 bits per heavy atom. The number of para-hydroxylation sites is 1. The van der Waals surface area contributed by atoms with Crippen LogP contribution in [0.15, 0.2) is 28.6 Å². The summed E-state index contributed by atoms with van der Waals surface area (Å²) in [6.07, 6.45) is 0. The third kappa shape index (κ3) is 2.77. The molecule has 2 aromatic rings. The van der Waals surface area contributed by atoms with Gasteiger partial charge in [0.2, 0.25) is 0 Å². The van der Waals surface area contributed by atoms with Crippen LogP contribution in [0.1, 0.15) is 6.92 Å². The first-order valence-corrected chi connectivity index (χ1v) is 6.73. The van der Waals surface area contributed by atoms with Crippen LogP contribution in [0.5, 0.6) is 0 Å². The Hall–Kier alpha value is -1.11. The van der Waals surface area contributed by atoms with E-state index in [9.17, 15) is 9.90 Å². The zero-order chi connectivity index (χ0) is 12.5. The molecule has 0 amide bonds. The van der Waals surface area contributed by atoms with E-state index in [1.165, 1.54) is 30.0 Å². The summed E-state index contributed by atoms with van der Waals surface area (Å²) in [4.78, 5) is 15.1. The van der Waals surface area contributed by atoms with Gasteiger partial charge < -0.3 is 10.2 Å². The predicted molar refractivity (Wildman–Crippen MR) is 68.6 cm³/mol. The fourth-order valence-corrected chi connectivity index (χ4v) is 3.25. The maximum Gasteiger partial charge on any atom is 0.336 e. The first-order chi connectivity index (χ1) is 7.99. The monoisotopic (exact) mass is 269 g/mol. The van der Waals surface area contributed by atoms with E-state index in [0.29, 0.717) is 0 Å². The van der Waals surface area contributed by atoms with Gasteiger partial charge in [-0.2, -0.15) is 0 Å². The number of benzene rings is 1. The highest BCUT2D eigenvalue weighted by molar-refractivity contribution is 8.01. The third-order valence-electron chi connectivity index (χ3n) is 2.21. The summed E-state index contributed by atoms with van der Waals surface area (Å²) < 4.78 is 1.83. The van der Waals surface area contributed by atoms with Crippen molar-refractivity contribution >= 4 is 39.3 Å². The quantitative estimate of drug-likeness (QED) is 0.833. The van der Waals surface area contributed by atoms with Crippen molar-refractivity contribution < 1.29 is 15.0 Å². The highest BCUT2D eigenvalue weighted by Crippen LogP contribution is 2.31. The second-order valence-electron chi connectivity index (χ2n) is 3.82. The van der Waals surface area contributed by atoms with Gasteiger partial charge in [-0.1, -0.05) is 23.9 Å². The molecule has 1 aromatic heterocycles. The third-order valence-corrected chi connectivity index (χ3v) is 4.69. The molecule has 0 aliphatic carbocycles. The van der Waals surface area contributed by atoms with Crippen molar-refractivity contribution in [2.45, 2.75) is 16.9 Å². The van der Waals surface area contributed by atoms with Gasteiger partial charge in [-0.15, -0.1) is 11.3 Å². The molecule has 0 saturated carbocycles. The van der Waals surface area contributed by atoms with Crippen molar-refractivity contribution in [3.8, 4) is 0 Å². The van der Waals surface area contributed by atoms with E-state index in [1.54, 1.807) is 0 Å². The summed E-state index contributed by atoms with van der Waals surface area (Å²) in [6.45, 7) is 1.29.